The van der Waals surface area contributed by atoms with Gasteiger partial charge in [0.15, 0.2) is 16.9 Å². The highest BCUT2D eigenvalue weighted by Gasteiger charge is 2.27. The number of ether oxygens (including phenoxy) is 1. The fraction of sp³-hybridized carbons (Fsp3) is 0.375. The normalized spacial score (nSPS) is 17.0. The van der Waals surface area contributed by atoms with Crippen molar-refractivity contribution in [2.24, 2.45) is 5.73 Å². The van der Waals surface area contributed by atoms with E-state index < -0.39 is 0 Å². The molecule has 9 heteroatoms. The van der Waals surface area contributed by atoms with Crippen LogP contribution < -0.4 is 15.4 Å². The van der Waals surface area contributed by atoms with Crippen molar-refractivity contribution >= 4 is 28.6 Å². The van der Waals surface area contributed by atoms with Crippen LogP contribution in [0.25, 0.3) is 11.2 Å². The maximum atomic E-state index is 6.19. The number of nitrogens with one attached hydrogen (secondary N) is 1. The summed E-state index contributed by atoms with van der Waals surface area (Å²) in [6.45, 7) is 3.80. The molecule has 3 N–H and O–H groups in total. The van der Waals surface area contributed by atoms with Gasteiger partial charge in [-0.15, -0.1) is 5.10 Å². The predicted molar refractivity (Wildman–Crippen MR) is 95.0 cm³/mol. The van der Waals surface area contributed by atoms with E-state index in [9.17, 15) is 0 Å². The van der Waals surface area contributed by atoms with Crippen LogP contribution in [0.2, 0.25) is 5.02 Å². The summed E-state index contributed by atoms with van der Waals surface area (Å²) in [4.78, 5) is 15.2. The van der Waals surface area contributed by atoms with Crippen LogP contribution in [-0.2, 0) is 0 Å². The zero-order chi connectivity index (χ0) is 17.4. The molecule has 4 rings (SSSR count). The van der Waals surface area contributed by atoms with Crippen molar-refractivity contribution in [1.29, 1.82) is 0 Å². The number of pyridine rings is 1. The van der Waals surface area contributed by atoms with Crippen molar-refractivity contribution in [3.8, 4) is 11.6 Å². The number of piperidine rings is 1. The van der Waals surface area contributed by atoms with Gasteiger partial charge in [0.25, 0.3) is 5.88 Å². The molecule has 0 spiro atoms. The Bertz CT molecular complexity index is 900. The van der Waals surface area contributed by atoms with Gasteiger partial charge in [0.2, 0.25) is 0 Å². The number of aromatic nitrogens is 5. The number of halogens is 1. The average Bonchev–Trinajstić information content (AvgIpc) is 2.99. The van der Waals surface area contributed by atoms with Crippen LogP contribution in [0.1, 0.15) is 19.8 Å². The summed E-state index contributed by atoms with van der Waals surface area (Å²) in [7, 11) is 0. The minimum Gasteiger partial charge on any atom is -0.434 e. The monoisotopic (exact) mass is 359 g/mol. The lowest BCUT2D eigenvalue weighted by molar-refractivity contribution is 0.363. The highest BCUT2D eigenvalue weighted by atomic mass is 35.5. The molecular weight excluding hydrogens is 342 g/mol. The van der Waals surface area contributed by atoms with Gasteiger partial charge in [-0.05, 0) is 19.8 Å². The molecule has 0 atom stereocenters. The number of nitrogens with two attached hydrogens (primary N) is 1. The summed E-state index contributed by atoms with van der Waals surface area (Å²) in [5.41, 5.74) is 7.20. The van der Waals surface area contributed by atoms with Gasteiger partial charge >= 0.3 is 0 Å². The Labute approximate surface area is 149 Å². The molecule has 3 aromatic rings. The third kappa shape index (κ3) is 3.22. The van der Waals surface area contributed by atoms with Crippen molar-refractivity contribution < 1.29 is 4.74 Å². The Kier molecular flexibility index (Phi) is 3.93. The number of aromatic amines is 1. The second-order valence-corrected chi connectivity index (χ2v) is 6.91. The molecule has 0 unspecified atom stereocenters. The summed E-state index contributed by atoms with van der Waals surface area (Å²) < 4.78 is 5.73. The van der Waals surface area contributed by atoms with Gasteiger partial charge in [-0.2, -0.15) is 0 Å². The number of hydrogen-bond acceptors (Lipinski definition) is 7. The predicted octanol–water partition coefficient (Wildman–Crippen LogP) is 2.51. The summed E-state index contributed by atoms with van der Waals surface area (Å²) in [6, 6.07) is 1.67. The van der Waals surface area contributed by atoms with E-state index in [-0.39, 0.29) is 5.54 Å². The van der Waals surface area contributed by atoms with Gasteiger partial charge in [0.1, 0.15) is 10.8 Å². The maximum absolute atomic E-state index is 6.19. The van der Waals surface area contributed by atoms with Gasteiger partial charge in [0.05, 0.1) is 6.20 Å². The van der Waals surface area contributed by atoms with Crippen LogP contribution in [0.5, 0.6) is 11.6 Å². The number of anilines is 1. The first-order valence-electron chi connectivity index (χ1n) is 8.04. The van der Waals surface area contributed by atoms with E-state index in [0.29, 0.717) is 27.8 Å². The maximum Gasteiger partial charge on any atom is 0.266 e. The van der Waals surface area contributed by atoms with E-state index in [0.717, 1.165) is 31.7 Å². The molecule has 0 amide bonds. The first-order valence-corrected chi connectivity index (χ1v) is 8.42. The second-order valence-electron chi connectivity index (χ2n) is 6.50. The second kappa shape index (κ2) is 6.12. The summed E-state index contributed by atoms with van der Waals surface area (Å²) in [5, 5.41) is 7.42. The number of fused-ring (bicyclic) bond motifs is 1. The third-order valence-electron chi connectivity index (χ3n) is 4.40. The van der Waals surface area contributed by atoms with E-state index in [1.165, 1.54) is 6.20 Å². The fourth-order valence-electron chi connectivity index (χ4n) is 2.79. The summed E-state index contributed by atoms with van der Waals surface area (Å²) in [6.07, 6.45) is 6.69. The fourth-order valence-corrected chi connectivity index (χ4v) is 2.95. The highest BCUT2D eigenvalue weighted by Crippen LogP contribution is 2.31. The molecule has 0 aromatic carbocycles. The van der Waals surface area contributed by atoms with E-state index >= 15 is 0 Å². The van der Waals surface area contributed by atoms with Gasteiger partial charge in [-0.25, -0.2) is 9.97 Å². The van der Waals surface area contributed by atoms with Gasteiger partial charge in [-0.3, -0.25) is 10.1 Å². The van der Waals surface area contributed by atoms with Crippen LogP contribution in [0, 0.1) is 0 Å². The van der Waals surface area contributed by atoms with Crippen molar-refractivity contribution in [1.82, 2.24) is 25.1 Å². The van der Waals surface area contributed by atoms with Gasteiger partial charge in [0, 0.05) is 37.1 Å². The van der Waals surface area contributed by atoms with Crippen LogP contribution >= 0.6 is 11.6 Å². The van der Waals surface area contributed by atoms with E-state index in [2.05, 4.69) is 37.0 Å². The average molecular weight is 360 g/mol. The molecule has 0 aliphatic carbocycles. The minimum absolute atomic E-state index is 0.104. The number of H-pyrrole nitrogens is 1. The molecule has 0 bridgehead atoms. The molecule has 0 saturated carbocycles. The van der Waals surface area contributed by atoms with Gasteiger partial charge < -0.3 is 15.4 Å². The Balaban J connectivity index is 1.58. The van der Waals surface area contributed by atoms with Crippen molar-refractivity contribution in [3.63, 3.8) is 0 Å². The lowest BCUT2D eigenvalue weighted by Crippen LogP contribution is -2.48. The Hall–Kier alpha value is -2.45. The lowest BCUT2D eigenvalue weighted by atomic mass is 9.91. The van der Waals surface area contributed by atoms with E-state index in [1.807, 2.05) is 0 Å². The zero-order valence-electron chi connectivity index (χ0n) is 13.7. The highest BCUT2D eigenvalue weighted by molar-refractivity contribution is 6.31. The number of rotatable bonds is 3. The van der Waals surface area contributed by atoms with Crippen molar-refractivity contribution in [2.45, 2.75) is 25.3 Å². The smallest absolute Gasteiger partial charge is 0.266 e. The topological polar surface area (TPSA) is 106 Å². The molecule has 1 fully saturated rings. The molecular formula is C16H18ClN7O. The standard InChI is InChI=1S/C16H18ClN7O/c1-16(18)3-6-24(7-4-16)12-9-20-13-14(21-12)22-23-15(13)25-11-2-5-19-8-10(11)17/h2,5,8-9H,3-4,6-7,18H2,1H3,(H,21,22,23). The van der Waals surface area contributed by atoms with Crippen LogP contribution in [0.4, 0.5) is 5.82 Å². The number of hydrogen-bond donors (Lipinski definition) is 2. The third-order valence-corrected chi connectivity index (χ3v) is 4.68. The molecule has 4 heterocycles. The Morgan fingerprint density at radius 2 is 2.12 bits per heavy atom. The first kappa shape index (κ1) is 16.0. The van der Waals surface area contributed by atoms with Crippen LogP contribution in [-0.4, -0.2) is 43.8 Å². The van der Waals surface area contributed by atoms with Crippen molar-refractivity contribution in [3.05, 3.63) is 29.7 Å². The Morgan fingerprint density at radius 1 is 1.32 bits per heavy atom. The van der Waals surface area contributed by atoms with Crippen molar-refractivity contribution in [2.75, 3.05) is 18.0 Å². The summed E-state index contributed by atoms with van der Waals surface area (Å²) >= 11 is 6.06. The SMILES string of the molecule is CC1(N)CCN(c2cnc3c(Oc4ccncc4Cl)n[nH]c3n2)CC1. The first-order chi connectivity index (χ1) is 12.0. The molecule has 1 aliphatic heterocycles. The molecule has 1 aliphatic rings. The van der Waals surface area contributed by atoms with E-state index in [1.54, 1.807) is 18.5 Å². The lowest BCUT2D eigenvalue weighted by Gasteiger charge is -2.37. The Morgan fingerprint density at radius 3 is 2.88 bits per heavy atom. The number of nitrogens with zero attached hydrogens (tertiary/aromatic N) is 5. The quantitative estimate of drug-likeness (QED) is 0.740. The zero-order valence-corrected chi connectivity index (χ0v) is 14.5. The van der Waals surface area contributed by atoms with E-state index in [4.69, 9.17) is 22.1 Å². The molecule has 25 heavy (non-hydrogen) atoms. The molecule has 1 saturated heterocycles. The largest absolute Gasteiger partial charge is 0.434 e. The minimum atomic E-state index is -0.104. The van der Waals surface area contributed by atoms with Crippen LogP contribution in [0.15, 0.2) is 24.7 Å². The molecule has 8 nitrogen and oxygen atoms in total. The molecule has 0 radical (unpaired) electrons. The van der Waals surface area contributed by atoms with Crippen LogP contribution in [0.3, 0.4) is 0 Å². The molecule has 130 valence electrons. The summed E-state index contributed by atoms with van der Waals surface area (Å²) in [5.74, 6) is 1.60. The van der Waals surface area contributed by atoms with Gasteiger partial charge in [-0.1, -0.05) is 11.6 Å². The molecule has 3 aromatic heterocycles.